The molecule has 11 heteroatoms. The number of urea groups is 1. The summed E-state index contributed by atoms with van der Waals surface area (Å²) in [6.07, 6.45) is 1.70. The number of nitrogens with one attached hydrogen (secondary N) is 3. The van der Waals surface area contributed by atoms with Crippen LogP contribution in [0.3, 0.4) is 0 Å². The lowest BCUT2D eigenvalue weighted by atomic mass is 10.2. The molecule has 2 rings (SSSR count). The fourth-order valence-electron chi connectivity index (χ4n) is 2.00. The zero-order chi connectivity index (χ0) is 20.0. The number of benzene rings is 1. The normalized spacial score (nSPS) is 10.3. The van der Waals surface area contributed by atoms with Gasteiger partial charge in [-0.15, -0.1) is 5.10 Å². The van der Waals surface area contributed by atoms with Crippen LogP contribution in [-0.2, 0) is 0 Å². The number of hydrogen-bond donors (Lipinski definition) is 4. The van der Waals surface area contributed by atoms with E-state index in [2.05, 4.69) is 20.7 Å². The Balaban J connectivity index is 2.09. The maximum Gasteiger partial charge on any atom is 0.425 e. The second kappa shape index (κ2) is 8.34. The van der Waals surface area contributed by atoms with Crippen molar-refractivity contribution in [1.82, 2.24) is 14.8 Å². The summed E-state index contributed by atoms with van der Waals surface area (Å²) < 4.78 is 0. The van der Waals surface area contributed by atoms with Crippen molar-refractivity contribution >= 4 is 35.7 Å². The first-order valence-corrected chi connectivity index (χ1v) is 7.67. The molecular formula is C16H18N8O3. The second-order valence-corrected chi connectivity index (χ2v) is 5.65. The summed E-state index contributed by atoms with van der Waals surface area (Å²) in [6.45, 7) is 1.66. The highest BCUT2D eigenvalue weighted by Gasteiger charge is 2.11. The molecule has 0 atom stereocenters. The van der Waals surface area contributed by atoms with Gasteiger partial charge in [-0.3, -0.25) is 5.32 Å². The number of anilines is 2. The van der Waals surface area contributed by atoms with E-state index >= 15 is 0 Å². The van der Waals surface area contributed by atoms with E-state index in [1.807, 2.05) is 25.6 Å². The van der Waals surface area contributed by atoms with Gasteiger partial charge in [-0.05, 0) is 25.1 Å². The molecule has 0 saturated heterocycles. The molecule has 0 aliphatic carbocycles. The van der Waals surface area contributed by atoms with E-state index in [1.54, 1.807) is 30.3 Å². The molecule has 0 spiro atoms. The highest BCUT2D eigenvalue weighted by Crippen LogP contribution is 2.22. The second-order valence-electron chi connectivity index (χ2n) is 5.65. The summed E-state index contributed by atoms with van der Waals surface area (Å²) in [5, 5.41) is 26.9. The number of aryl methyl sites for hydroxylation is 1. The van der Waals surface area contributed by atoms with Crippen molar-refractivity contribution in [2.45, 2.75) is 6.92 Å². The molecule has 11 nitrogen and oxygen atoms in total. The maximum atomic E-state index is 12.1. The summed E-state index contributed by atoms with van der Waals surface area (Å²) in [5.41, 5.74) is 3.77. The summed E-state index contributed by atoms with van der Waals surface area (Å²) in [4.78, 5) is 29.6. The number of carboxylic acid groups (broad SMARTS) is 1. The van der Waals surface area contributed by atoms with E-state index < -0.39 is 12.1 Å². The van der Waals surface area contributed by atoms with Crippen molar-refractivity contribution in [3.8, 4) is 6.07 Å². The molecule has 27 heavy (non-hydrogen) atoms. The van der Waals surface area contributed by atoms with Gasteiger partial charge >= 0.3 is 12.1 Å². The molecule has 0 bridgehead atoms. The van der Waals surface area contributed by atoms with Crippen LogP contribution in [0.1, 0.15) is 11.1 Å². The third-order valence-corrected chi connectivity index (χ3v) is 3.14. The van der Waals surface area contributed by atoms with Crippen molar-refractivity contribution < 1.29 is 14.7 Å². The van der Waals surface area contributed by atoms with E-state index in [0.717, 1.165) is 4.79 Å². The van der Waals surface area contributed by atoms with Crippen LogP contribution in [0, 0.1) is 18.3 Å². The molecule has 4 N–H and O–H groups in total. The minimum absolute atomic E-state index is 0.189. The lowest BCUT2D eigenvalue weighted by Crippen LogP contribution is -2.23. The van der Waals surface area contributed by atoms with Crippen LogP contribution < -0.4 is 16.1 Å². The van der Waals surface area contributed by atoms with Gasteiger partial charge in [0.1, 0.15) is 6.07 Å². The van der Waals surface area contributed by atoms with Gasteiger partial charge in [-0.25, -0.2) is 20.0 Å². The predicted octanol–water partition coefficient (Wildman–Crippen LogP) is 2.15. The van der Waals surface area contributed by atoms with Crippen LogP contribution in [-0.4, -0.2) is 52.5 Å². The van der Waals surface area contributed by atoms with E-state index in [4.69, 9.17) is 5.11 Å². The summed E-state index contributed by atoms with van der Waals surface area (Å²) in [6, 6.07) is 6.17. The Hall–Kier alpha value is -4.07. The van der Waals surface area contributed by atoms with E-state index in [9.17, 15) is 14.9 Å². The van der Waals surface area contributed by atoms with Crippen LogP contribution in [0.15, 0.2) is 29.4 Å². The summed E-state index contributed by atoms with van der Waals surface area (Å²) >= 11 is 0. The van der Waals surface area contributed by atoms with Crippen LogP contribution in [0.4, 0.5) is 26.8 Å². The quantitative estimate of drug-likeness (QED) is 0.468. The first kappa shape index (κ1) is 19.3. The number of rotatable bonds is 5. The molecule has 1 heterocycles. The molecule has 1 aromatic heterocycles. The van der Waals surface area contributed by atoms with Gasteiger partial charge in [0.05, 0.1) is 23.8 Å². The molecule has 0 fully saturated rings. The van der Waals surface area contributed by atoms with Gasteiger partial charge in [0.2, 0.25) is 0 Å². The fraction of sp³-hybridized carbons (Fsp3) is 0.188. The van der Waals surface area contributed by atoms with Crippen LogP contribution in [0.5, 0.6) is 0 Å². The topological polar surface area (TPSA) is 148 Å². The number of aliphatic imine (C=N–C) groups is 1. The van der Waals surface area contributed by atoms with Gasteiger partial charge in [0.15, 0.2) is 5.82 Å². The lowest BCUT2D eigenvalue weighted by Gasteiger charge is -2.08. The number of hydrogen-bond acceptors (Lipinski definition) is 5. The Morgan fingerprint density at radius 1 is 1.37 bits per heavy atom. The predicted molar refractivity (Wildman–Crippen MR) is 100.0 cm³/mol. The first-order chi connectivity index (χ1) is 12.8. The van der Waals surface area contributed by atoms with E-state index in [-0.39, 0.29) is 5.82 Å². The lowest BCUT2D eigenvalue weighted by molar-refractivity contribution is 0.205. The molecule has 0 saturated carbocycles. The highest BCUT2D eigenvalue weighted by atomic mass is 16.4. The van der Waals surface area contributed by atoms with E-state index in [0.29, 0.717) is 22.5 Å². The standard InChI is InChI=1S/C16H18N8O3/c1-10-8-24(22-16(26)27)21-14(10)20-15(25)19-12-4-5-13(11(6-12)7-17)18-9-23(2)3/h4-6,8-9,22H,1-3H3,(H,26,27)(H2,19,20,21,25). The monoisotopic (exact) mass is 370 g/mol. The number of aromatic nitrogens is 2. The van der Waals surface area contributed by atoms with Gasteiger partial charge in [0, 0.05) is 25.3 Å². The third-order valence-electron chi connectivity index (χ3n) is 3.14. The van der Waals surface area contributed by atoms with Crippen LogP contribution in [0.25, 0.3) is 0 Å². The molecule has 0 unspecified atom stereocenters. The number of carbonyl (C=O) groups excluding carboxylic acids is 1. The molecule has 140 valence electrons. The molecule has 0 aliphatic rings. The van der Waals surface area contributed by atoms with Crippen molar-refractivity contribution in [2.75, 3.05) is 30.2 Å². The fourth-order valence-corrected chi connectivity index (χ4v) is 2.00. The SMILES string of the molecule is Cc1cn(NC(=O)O)nc1NC(=O)Nc1ccc(N=CN(C)C)c(C#N)c1. The summed E-state index contributed by atoms with van der Waals surface area (Å²) in [5.74, 6) is 0.189. The summed E-state index contributed by atoms with van der Waals surface area (Å²) in [7, 11) is 3.62. The smallest absolute Gasteiger partial charge is 0.425 e. The number of nitrogens with zero attached hydrogens (tertiary/aromatic N) is 5. The first-order valence-electron chi connectivity index (χ1n) is 7.67. The number of carbonyl (C=O) groups is 2. The van der Waals surface area contributed by atoms with Gasteiger partial charge in [0.25, 0.3) is 0 Å². The largest absolute Gasteiger partial charge is 0.464 e. The van der Waals surface area contributed by atoms with E-state index in [1.165, 1.54) is 12.3 Å². The van der Waals surface area contributed by atoms with Crippen molar-refractivity contribution in [2.24, 2.45) is 4.99 Å². The highest BCUT2D eigenvalue weighted by molar-refractivity contribution is 5.99. The number of amides is 3. The Bertz CT molecular complexity index is 926. The Morgan fingerprint density at radius 3 is 2.74 bits per heavy atom. The molecule has 2 aromatic rings. The number of nitriles is 1. The van der Waals surface area contributed by atoms with Crippen LogP contribution in [0.2, 0.25) is 0 Å². The Kier molecular flexibility index (Phi) is 5.95. The minimum atomic E-state index is -1.28. The average molecular weight is 370 g/mol. The molecular weight excluding hydrogens is 352 g/mol. The zero-order valence-electron chi connectivity index (χ0n) is 14.9. The third kappa shape index (κ3) is 5.46. The average Bonchev–Trinajstić information content (AvgIpc) is 2.91. The van der Waals surface area contributed by atoms with Crippen molar-refractivity contribution in [1.29, 1.82) is 5.26 Å². The van der Waals surface area contributed by atoms with Crippen LogP contribution >= 0.6 is 0 Å². The van der Waals surface area contributed by atoms with Gasteiger partial charge in [-0.1, -0.05) is 0 Å². The van der Waals surface area contributed by atoms with Crippen molar-refractivity contribution in [3.63, 3.8) is 0 Å². The Labute approximate surface area is 154 Å². The molecule has 1 aromatic carbocycles. The van der Waals surface area contributed by atoms with Crippen molar-refractivity contribution in [3.05, 3.63) is 35.5 Å². The molecule has 0 aliphatic heterocycles. The maximum absolute atomic E-state index is 12.1. The molecule has 3 amide bonds. The molecule has 0 radical (unpaired) electrons. The van der Waals surface area contributed by atoms with Gasteiger partial charge in [-0.2, -0.15) is 10.1 Å². The zero-order valence-corrected chi connectivity index (χ0v) is 14.9. The van der Waals surface area contributed by atoms with Gasteiger partial charge < -0.3 is 15.3 Å². The Morgan fingerprint density at radius 2 is 2.11 bits per heavy atom. The minimum Gasteiger partial charge on any atom is -0.464 e.